The highest BCUT2D eigenvalue weighted by Gasteiger charge is 2.26. The molecule has 0 aliphatic carbocycles. The zero-order chi connectivity index (χ0) is 40.3. The lowest BCUT2D eigenvalue weighted by molar-refractivity contribution is -0.161. The van der Waals surface area contributed by atoms with E-state index < -0.39 is 32.5 Å². The van der Waals surface area contributed by atoms with Crippen molar-refractivity contribution < 1.29 is 37.6 Å². The van der Waals surface area contributed by atoms with Crippen molar-refractivity contribution >= 4 is 19.8 Å². The van der Waals surface area contributed by atoms with E-state index in [1.807, 2.05) is 0 Å². The maximum Gasteiger partial charge on any atom is 0.472 e. The molecule has 0 aromatic carbocycles. The van der Waals surface area contributed by atoms with Crippen LogP contribution >= 0.6 is 7.82 Å². The van der Waals surface area contributed by atoms with Gasteiger partial charge in [0.25, 0.3) is 0 Å². The number of nitrogens with two attached hydrogens (primary N) is 1. The van der Waals surface area contributed by atoms with Crippen LogP contribution in [-0.2, 0) is 32.7 Å². The average molecular weight is 796 g/mol. The Labute approximate surface area is 336 Å². The number of carbonyl (C=O) groups is 2. The molecular weight excluding hydrogens is 713 g/mol. The normalized spacial score (nSPS) is 13.7. The number of esters is 2. The number of carbonyl (C=O) groups excluding carboxylic acids is 2. The molecule has 1 unspecified atom stereocenters. The van der Waals surface area contributed by atoms with Crippen LogP contribution in [0.2, 0.25) is 0 Å². The van der Waals surface area contributed by atoms with Crippen LogP contribution < -0.4 is 5.73 Å². The van der Waals surface area contributed by atoms with E-state index in [-0.39, 0.29) is 32.6 Å². The predicted octanol–water partition coefficient (Wildman–Crippen LogP) is 12.7. The van der Waals surface area contributed by atoms with Crippen LogP contribution in [0.4, 0.5) is 0 Å². The molecule has 0 saturated heterocycles. The summed E-state index contributed by atoms with van der Waals surface area (Å²) in [7, 11) is -4.39. The number of hydrogen-bond donors (Lipinski definition) is 2. The second kappa shape index (κ2) is 41.6. The Balaban J connectivity index is 4.20. The summed E-state index contributed by atoms with van der Waals surface area (Å²) >= 11 is 0. The minimum atomic E-state index is -4.39. The molecule has 3 N–H and O–H groups in total. The third kappa shape index (κ3) is 41.4. The van der Waals surface area contributed by atoms with Crippen molar-refractivity contribution in [2.45, 2.75) is 200 Å². The van der Waals surface area contributed by atoms with Gasteiger partial charge in [-0.2, -0.15) is 0 Å². The minimum Gasteiger partial charge on any atom is -0.462 e. The van der Waals surface area contributed by atoms with E-state index in [4.69, 9.17) is 24.3 Å². The fourth-order valence-electron chi connectivity index (χ4n) is 5.87. The van der Waals surface area contributed by atoms with Gasteiger partial charge in [0.15, 0.2) is 6.10 Å². The van der Waals surface area contributed by atoms with Gasteiger partial charge in [0, 0.05) is 19.4 Å². The van der Waals surface area contributed by atoms with E-state index in [0.717, 1.165) is 57.8 Å². The van der Waals surface area contributed by atoms with E-state index in [9.17, 15) is 19.0 Å². The number of unbranched alkanes of at least 4 members (excludes halogenated alkanes) is 20. The van der Waals surface area contributed by atoms with Gasteiger partial charge in [-0.1, -0.05) is 152 Å². The number of allylic oxidation sites excluding steroid dienone is 8. The first-order valence-corrected chi connectivity index (χ1v) is 23.6. The molecule has 0 aliphatic heterocycles. The number of hydrogen-bond acceptors (Lipinski definition) is 8. The largest absolute Gasteiger partial charge is 0.472 e. The Kier molecular flexibility index (Phi) is 40.1. The van der Waals surface area contributed by atoms with E-state index in [0.29, 0.717) is 12.8 Å². The van der Waals surface area contributed by atoms with Crippen LogP contribution in [0.1, 0.15) is 194 Å². The molecule has 0 bridgehead atoms. The summed E-state index contributed by atoms with van der Waals surface area (Å²) < 4.78 is 32.7. The first-order chi connectivity index (χ1) is 26.8. The Morgan fingerprint density at radius 2 is 0.945 bits per heavy atom. The monoisotopic (exact) mass is 796 g/mol. The quantitative estimate of drug-likeness (QED) is 0.0268. The van der Waals surface area contributed by atoms with Crippen molar-refractivity contribution in [3.8, 4) is 0 Å². The summed E-state index contributed by atoms with van der Waals surface area (Å²) in [6.07, 6.45) is 47.1. The lowest BCUT2D eigenvalue weighted by Gasteiger charge is -2.19. The molecule has 320 valence electrons. The summed E-state index contributed by atoms with van der Waals surface area (Å²) in [6.45, 7) is 3.66. The molecule has 0 heterocycles. The summed E-state index contributed by atoms with van der Waals surface area (Å²) in [5.74, 6) is -0.878. The van der Waals surface area contributed by atoms with Gasteiger partial charge in [0.1, 0.15) is 6.61 Å². The fourth-order valence-corrected chi connectivity index (χ4v) is 6.64. The molecule has 2 atom stereocenters. The van der Waals surface area contributed by atoms with Crippen molar-refractivity contribution in [3.05, 3.63) is 48.6 Å². The molecule has 0 saturated carbocycles. The van der Waals surface area contributed by atoms with E-state index in [1.54, 1.807) is 0 Å². The van der Waals surface area contributed by atoms with Crippen LogP contribution in [-0.4, -0.2) is 49.3 Å². The first kappa shape index (κ1) is 53.0. The topological polar surface area (TPSA) is 134 Å². The molecule has 0 rings (SSSR count). The second-order valence-corrected chi connectivity index (χ2v) is 16.0. The molecule has 9 nitrogen and oxygen atoms in total. The third-order valence-corrected chi connectivity index (χ3v) is 10.2. The highest BCUT2D eigenvalue weighted by Crippen LogP contribution is 2.43. The molecule has 0 radical (unpaired) electrons. The smallest absolute Gasteiger partial charge is 0.462 e. The first-order valence-electron chi connectivity index (χ1n) is 22.1. The predicted molar refractivity (Wildman–Crippen MR) is 229 cm³/mol. The minimum absolute atomic E-state index is 0.0463. The molecule has 0 amide bonds. The van der Waals surface area contributed by atoms with Crippen molar-refractivity contribution in [1.82, 2.24) is 0 Å². The number of phosphoric acid groups is 1. The molecule has 10 heteroatoms. The van der Waals surface area contributed by atoms with Crippen molar-refractivity contribution in [2.75, 3.05) is 26.4 Å². The van der Waals surface area contributed by atoms with Crippen LogP contribution in [0.5, 0.6) is 0 Å². The van der Waals surface area contributed by atoms with E-state index >= 15 is 0 Å². The van der Waals surface area contributed by atoms with Crippen molar-refractivity contribution in [2.24, 2.45) is 5.73 Å². The molecular formula is C45H82NO8P. The number of rotatable bonds is 41. The maximum absolute atomic E-state index is 12.6. The summed E-state index contributed by atoms with van der Waals surface area (Å²) in [5.41, 5.74) is 5.34. The Morgan fingerprint density at radius 3 is 1.49 bits per heavy atom. The van der Waals surface area contributed by atoms with Gasteiger partial charge in [-0.3, -0.25) is 18.6 Å². The number of phosphoric ester groups is 1. The van der Waals surface area contributed by atoms with Crippen LogP contribution in [0.25, 0.3) is 0 Å². The van der Waals surface area contributed by atoms with Gasteiger partial charge in [-0.15, -0.1) is 0 Å². The SMILES string of the molecule is CCCCC/C=C\C/C=C\C/C=C\CCCCC(=O)OC[C@H](COP(=O)(O)OCCN)OC(=O)CCCCCCCCC/C=C\CCCCCCCCCC. The van der Waals surface area contributed by atoms with Crippen LogP contribution in [0.15, 0.2) is 48.6 Å². The maximum atomic E-state index is 12.6. The summed E-state index contributed by atoms with van der Waals surface area (Å²) in [6, 6.07) is 0. The average Bonchev–Trinajstić information content (AvgIpc) is 3.17. The van der Waals surface area contributed by atoms with Crippen LogP contribution in [0, 0.1) is 0 Å². The van der Waals surface area contributed by atoms with Crippen molar-refractivity contribution in [3.63, 3.8) is 0 Å². The van der Waals surface area contributed by atoms with E-state index in [2.05, 4.69) is 62.5 Å². The lowest BCUT2D eigenvalue weighted by atomic mass is 10.1. The molecule has 0 aromatic rings. The second-order valence-electron chi connectivity index (χ2n) is 14.6. The van der Waals surface area contributed by atoms with E-state index in [1.165, 1.54) is 96.3 Å². The molecule has 0 spiro atoms. The fraction of sp³-hybridized carbons (Fsp3) is 0.778. The number of ether oxygens (including phenoxy) is 2. The molecule has 0 fully saturated rings. The molecule has 0 aromatic heterocycles. The highest BCUT2D eigenvalue weighted by atomic mass is 31.2. The summed E-state index contributed by atoms with van der Waals surface area (Å²) in [5, 5.41) is 0. The standard InChI is InChI=1S/C45H82NO8P/c1-3-5-7-9-11-13-15-17-19-20-21-22-24-26-28-30-32-34-36-38-45(48)54-43(42-53-55(49,50)52-40-39-46)41-51-44(47)37-35-33-31-29-27-25-23-18-16-14-12-10-8-6-4-2/h12,14,18,20-21,23,27,29,43H,3-11,13,15-17,19,22,24-26,28,30-42,46H2,1-2H3,(H,49,50)/b14-12-,21-20-,23-18-,29-27-/t43-/m1/s1. The van der Waals surface area contributed by atoms with Gasteiger partial charge in [-0.05, 0) is 77.0 Å². The van der Waals surface area contributed by atoms with Gasteiger partial charge < -0.3 is 20.1 Å². The van der Waals surface area contributed by atoms with Gasteiger partial charge in [-0.25, -0.2) is 4.57 Å². The third-order valence-electron chi connectivity index (χ3n) is 9.19. The van der Waals surface area contributed by atoms with Gasteiger partial charge in [0.05, 0.1) is 13.2 Å². The molecule has 0 aliphatic rings. The lowest BCUT2D eigenvalue weighted by Crippen LogP contribution is -2.29. The Hall–Kier alpha value is -2.03. The zero-order valence-electron chi connectivity index (χ0n) is 35.2. The highest BCUT2D eigenvalue weighted by molar-refractivity contribution is 7.47. The van der Waals surface area contributed by atoms with Crippen molar-refractivity contribution in [1.29, 1.82) is 0 Å². The van der Waals surface area contributed by atoms with Gasteiger partial charge >= 0.3 is 19.8 Å². The zero-order valence-corrected chi connectivity index (χ0v) is 36.0. The van der Waals surface area contributed by atoms with Crippen LogP contribution in [0.3, 0.4) is 0 Å². The Morgan fingerprint density at radius 1 is 0.545 bits per heavy atom. The molecule has 55 heavy (non-hydrogen) atoms. The Bertz CT molecular complexity index is 1040. The summed E-state index contributed by atoms with van der Waals surface area (Å²) in [4.78, 5) is 34.9. The van der Waals surface area contributed by atoms with Gasteiger partial charge in [0.2, 0.25) is 0 Å².